The van der Waals surface area contributed by atoms with E-state index in [2.05, 4.69) is 5.32 Å². The molecule has 0 unspecified atom stereocenters. The minimum Gasteiger partial charge on any atom is -0.508 e. The number of sulfonamides is 1. The highest BCUT2D eigenvalue weighted by Gasteiger charge is 2.44. The zero-order valence-electron chi connectivity index (χ0n) is 23.7. The number of aliphatic hydroxyl groups is 1. The molecule has 0 radical (unpaired) electrons. The van der Waals surface area contributed by atoms with E-state index in [1.807, 2.05) is 13.8 Å². The Labute approximate surface area is 245 Å². The number of phenols is 1. The fourth-order valence-electron chi connectivity index (χ4n) is 5.31. The highest BCUT2D eigenvalue weighted by atomic mass is 32.2. The van der Waals surface area contributed by atoms with Crippen LogP contribution in [0.5, 0.6) is 17.2 Å². The molecule has 3 N–H and O–H groups in total. The fraction of sp³-hybridized carbons (Fsp3) is 0.552. The SMILES string of the molecule is CC[C@H](C)CN(C[C@@H](O)[C@H](Cc1ccc(O)cc1)NC(=O)O[C@H]1CO[C@H]2OCC[C@H]21)S(=O)(=O)c1ccc2c(c1)OCO2. The standard InChI is InChI=1S/C29H38N2O10S/c1-3-18(2)14-31(42(35,36)21-8-9-25-26(13-21)40-17-39-25)15-24(33)23(12-19-4-6-20(32)7-5-19)30-29(34)41-27-16-38-28-22(27)10-11-37-28/h4-9,13,18,22-24,27-28,32-33H,3,10-12,14-17H2,1-2H3,(H,30,34)/t18-,22-,23-,24+,27-,28+/m0/s1. The number of nitrogens with zero attached hydrogens (tertiary/aromatic N) is 1. The molecule has 2 aromatic rings. The maximum atomic E-state index is 13.8. The first-order valence-corrected chi connectivity index (χ1v) is 15.6. The molecule has 3 aliphatic rings. The van der Waals surface area contributed by atoms with Gasteiger partial charge in [0.1, 0.15) is 11.9 Å². The van der Waals surface area contributed by atoms with Crippen molar-refractivity contribution >= 4 is 16.1 Å². The Hall–Kier alpha value is -3.10. The summed E-state index contributed by atoms with van der Waals surface area (Å²) < 4.78 is 56.4. The molecule has 230 valence electrons. The summed E-state index contributed by atoms with van der Waals surface area (Å²) in [6.07, 6.45) is -1.33. The van der Waals surface area contributed by atoms with Crippen LogP contribution < -0.4 is 14.8 Å². The Balaban J connectivity index is 1.35. The van der Waals surface area contributed by atoms with Crippen molar-refractivity contribution in [3.05, 3.63) is 48.0 Å². The molecule has 2 aromatic carbocycles. The van der Waals surface area contributed by atoms with Crippen LogP contribution >= 0.6 is 0 Å². The molecule has 12 nitrogen and oxygen atoms in total. The summed E-state index contributed by atoms with van der Waals surface area (Å²) in [5.74, 6) is 0.808. The molecule has 42 heavy (non-hydrogen) atoms. The normalized spacial score (nSPS) is 23.4. The molecular weight excluding hydrogens is 568 g/mol. The number of hydrogen-bond donors (Lipinski definition) is 3. The molecule has 13 heteroatoms. The monoisotopic (exact) mass is 606 g/mol. The van der Waals surface area contributed by atoms with Crippen molar-refractivity contribution in [2.75, 3.05) is 33.1 Å². The minimum atomic E-state index is -4.06. The van der Waals surface area contributed by atoms with Gasteiger partial charge in [-0.25, -0.2) is 13.2 Å². The van der Waals surface area contributed by atoms with Crippen molar-refractivity contribution in [3.63, 3.8) is 0 Å². The van der Waals surface area contributed by atoms with E-state index in [4.69, 9.17) is 23.7 Å². The number of carbonyl (C=O) groups is 1. The van der Waals surface area contributed by atoms with Gasteiger partial charge < -0.3 is 39.2 Å². The van der Waals surface area contributed by atoms with Gasteiger partial charge >= 0.3 is 6.09 Å². The van der Waals surface area contributed by atoms with E-state index in [1.54, 1.807) is 18.2 Å². The van der Waals surface area contributed by atoms with E-state index in [9.17, 15) is 23.4 Å². The first-order valence-electron chi connectivity index (χ1n) is 14.2. The largest absolute Gasteiger partial charge is 0.508 e. The number of phenolic OH excluding ortho intramolecular Hbond substituents is 1. The number of alkyl carbamates (subject to hydrolysis) is 1. The van der Waals surface area contributed by atoms with Crippen LogP contribution in [0.3, 0.4) is 0 Å². The Bertz CT molecular complexity index is 1340. The summed E-state index contributed by atoms with van der Waals surface area (Å²) >= 11 is 0. The summed E-state index contributed by atoms with van der Waals surface area (Å²) in [6.45, 7) is 4.52. The van der Waals surface area contributed by atoms with E-state index in [0.29, 0.717) is 24.5 Å². The van der Waals surface area contributed by atoms with Gasteiger partial charge in [0.15, 0.2) is 17.8 Å². The molecule has 0 spiro atoms. The quantitative estimate of drug-likeness (QED) is 0.329. The first kappa shape index (κ1) is 30.4. The second-order valence-electron chi connectivity index (χ2n) is 11.0. The van der Waals surface area contributed by atoms with Crippen molar-refractivity contribution in [1.82, 2.24) is 9.62 Å². The fourth-order valence-corrected chi connectivity index (χ4v) is 6.90. The molecule has 0 aromatic heterocycles. The van der Waals surface area contributed by atoms with Crippen LogP contribution in [0.15, 0.2) is 47.4 Å². The minimum absolute atomic E-state index is 0.00148. The van der Waals surface area contributed by atoms with Gasteiger partial charge in [0.05, 0.1) is 36.2 Å². The molecule has 0 bridgehead atoms. The van der Waals surface area contributed by atoms with E-state index < -0.39 is 40.7 Å². The maximum Gasteiger partial charge on any atom is 0.407 e. The van der Waals surface area contributed by atoms with Crippen LogP contribution in [0.2, 0.25) is 0 Å². The smallest absolute Gasteiger partial charge is 0.407 e. The van der Waals surface area contributed by atoms with Crippen molar-refractivity contribution in [2.24, 2.45) is 11.8 Å². The number of aliphatic hydroxyl groups excluding tert-OH is 1. The summed E-state index contributed by atoms with van der Waals surface area (Å²) in [5.41, 5.74) is 0.720. The second kappa shape index (κ2) is 13.0. The summed E-state index contributed by atoms with van der Waals surface area (Å²) in [7, 11) is -4.06. The lowest BCUT2D eigenvalue weighted by molar-refractivity contribution is -0.0907. The molecule has 5 rings (SSSR count). The molecule has 3 heterocycles. The molecule has 6 atom stereocenters. The number of fused-ring (bicyclic) bond motifs is 2. The van der Waals surface area contributed by atoms with Crippen molar-refractivity contribution in [2.45, 2.75) is 62.5 Å². The maximum absolute atomic E-state index is 13.8. The molecule has 3 aliphatic heterocycles. The van der Waals surface area contributed by atoms with Gasteiger partial charge in [0, 0.05) is 19.2 Å². The van der Waals surface area contributed by atoms with Gasteiger partial charge in [0.25, 0.3) is 0 Å². The third kappa shape index (κ3) is 6.92. The highest BCUT2D eigenvalue weighted by molar-refractivity contribution is 7.89. The topological polar surface area (TPSA) is 153 Å². The lowest BCUT2D eigenvalue weighted by atomic mass is 10.0. The molecule has 2 saturated heterocycles. The lowest BCUT2D eigenvalue weighted by Gasteiger charge is -2.31. The number of hydrogen-bond acceptors (Lipinski definition) is 10. The molecule has 0 aliphatic carbocycles. The Morgan fingerprint density at radius 1 is 1.12 bits per heavy atom. The van der Waals surface area contributed by atoms with Gasteiger partial charge in [-0.15, -0.1) is 0 Å². The number of benzene rings is 2. The average Bonchev–Trinajstić information content (AvgIpc) is 3.72. The van der Waals surface area contributed by atoms with Crippen LogP contribution in [0.1, 0.15) is 32.3 Å². The Morgan fingerprint density at radius 2 is 1.88 bits per heavy atom. The predicted octanol–water partition coefficient (Wildman–Crippen LogP) is 2.62. The van der Waals surface area contributed by atoms with Crippen molar-refractivity contribution < 1.29 is 47.1 Å². The first-order chi connectivity index (χ1) is 20.1. The van der Waals surface area contributed by atoms with Crippen LogP contribution in [0, 0.1) is 11.8 Å². The number of amides is 1. The van der Waals surface area contributed by atoms with Crippen molar-refractivity contribution in [1.29, 1.82) is 0 Å². The predicted molar refractivity (Wildman–Crippen MR) is 150 cm³/mol. The Morgan fingerprint density at radius 3 is 2.64 bits per heavy atom. The van der Waals surface area contributed by atoms with Crippen LogP contribution in [0.25, 0.3) is 0 Å². The molecular formula is C29H38N2O10S. The van der Waals surface area contributed by atoms with Gasteiger partial charge in [-0.3, -0.25) is 0 Å². The zero-order valence-corrected chi connectivity index (χ0v) is 24.5. The molecule has 2 fully saturated rings. The third-order valence-electron chi connectivity index (χ3n) is 7.99. The van der Waals surface area contributed by atoms with E-state index in [-0.39, 0.29) is 55.4 Å². The Kier molecular flexibility index (Phi) is 9.43. The molecule has 0 saturated carbocycles. The van der Waals surface area contributed by atoms with E-state index in [1.165, 1.54) is 28.6 Å². The lowest BCUT2D eigenvalue weighted by Crippen LogP contribution is -2.51. The average molecular weight is 607 g/mol. The number of rotatable bonds is 12. The van der Waals surface area contributed by atoms with Crippen molar-refractivity contribution in [3.8, 4) is 17.2 Å². The van der Waals surface area contributed by atoms with Crippen LogP contribution in [-0.4, -0.2) is 86.7 Å². The highest BCUT2D eigenvalue weighted by Crippen LogP contribution is 2.35. The van der Waals surface area contributed by atoms with Gasteiger partial charge in [0.2, 0.25) is 16.8 Å². The zero-order chi connectivity index (χ0) is 29.9. The van der Waals surface area contributed by atoms with E-state index >= 15 is 0 Å². The van der Waals surface area contributed by atoms with Crippen LogP contribution in [0.4, 0.5) is 4.79 Å². The number of nitrogens with one attached hydrogen (secondary N) is 1. The van der Waals surface area contributed by atoms with Gasteiger partial charge in [-0.1, -0.05) is 32.4 Å². The van der Waals surface area contributed by atoms with E-state index in [0.717, 1.165) is 12.0 Å². The third-order valence-corrected chi connectivity index (χ3v) is 9.82. The summed E-state index contributed by atoms with van der Waals surface area (Å²) in [5, 5.41) is 24.0. The van der Waals surface area contributed by atoms with Gasteiger partial charge in [-0.05, 0) is 48.6 Å². The summed E-state index contributed by atoms with van der Waals surface area (Å²) in [6, 6.07) is 9.87. The number of aromatic hydroxyl groups is 1. The second-order valence-corrected chi connectivity index (χ2v) is 12.9. The molecule has 1 amide bonds. The van der Waals surface area contributed by atoms with Crippen LogP contribution in [-0.2, 0) is 30.7 Å². The van der Waals surface area contributed by atoms with Gasteiger partial charge in [-0.2, -0.15) is 4.31 Å². The number of carbonyl (C=O) groups excluding carboxylic acids is 1. The summed E-state index contributed by atoms with van der Waals surface area (Å²) in [4.78, 5) is 13.1. The number of ether oxygens (including phenoxy) is 5.